The quantitative estimate of drug-likeness (QED) is 0.0343. The Kier molecular flexibility index (Phi) is 54.4. The molecule has 0 aliphatic carbocycles. The average molecular weight is 976 g/mol. The molecule has 0 fully saturated rings. The topological polar surface area (TPSA) is 78.9 Å². The van der Waals surface area contributed by atoms with Crippen LogP contribution in [0.1, 0.15) is 356 Å². The van der Waals surface area contributed by atoms with E-state index in [9.17, 15) is 14.4 Å². The van der Waals surface area contributed by atoms with Crippen molar-refractivity contribution in [2.75, 3.05) is 13.2 Å². The van der Waals surface area contributed by atoms with E-state index in [1.54, 1.807) is 0 Å². The summed E-state index contributed by atoms with van der Waals surface area (Å²) in [5, 5.41) is 0. The van der Waals surface area contributed by atoms with Gasteiger partial charge in [-0.25, -0.2) is 0 Å². The number of rotatable bonds is 57. The Morgan fingerprint density at radius 2 is 0.551 bits per heavy atom. The SMILES string of the molecule is CCCCCCCCCCCCCCCCC(=O)OC[C@@H](COC(=O)CCCCCCCCCCCCCCCCCCC(C)C)OC(=O)CCCCCCCCCCCCCCCCC(C)CC. The van der Waals surface area contributed by atoms with Crippen molar-refractivity contribution in [1.82, 2.24) is 0 Å². The highest BCUT2D eigenvalue weighted by atomic mass is 16.6. The lowest BCUT2D eigenvalue weighted by Crippen LogP contribution is -2.30. The van der Waals surface area contributed by atoms with Gasteiger partial charge in [0.2, 0.25) is 0 Å². The monoisotopic (exact) mass is 975 g/mol. The van der Waals surface area contributed by atoms with Crippen LogP contribution >= 0.6 is 0 Å². The highest BCUT2D eigenvalue weighted by Gasteiger charge is 2.19. The van der Waals surface area contributed by atoms with Gasteiger partial charge in [-0.05, 0) is 31.1 Å². The average Bonchev–Trinajstić information content (AvgIpc) is 3.34. The van der Waals surface area contributed by atoms with Crippen LogP contribution in [-0.2, 0) is 28.6 Å². The van der Waals surface area contributed by atoms with Crippen LogP contribution in [0.4, 0.5) is 0 Å². The fourth-order valence-electron chi connectivity index (χ4n) is 9.73. The molecule has 0 radical (unpaired) electrons. The standard InChI is InChI=1S/C63H122O6/c1-6-8-9-10-11-12-13-14-23-28-33-38-43-48-53-61(64)67-56-60(69-63(66)55-50-45-40-35-30-25-20-19-22-27-32-37-42-47-52-59(5)7-2)57-68-62(65)54-49-44-39-34-29-24-18-16-15-17-21-26-31-36-41-46-51-58(3)4/h58-60H,6-57H2,1-5H3/t59?,60-/m0/s1. The first-order valence-corrected chi connectivity index (χ1v) is 31.3. The highest BCUT2D eigenvalue weighted by molar-refractivity contribution is 5.71. The Labute approximate surface area is 431 Å². The van der Waals surface area contributed by atoms with E-state index in [2.05, 4.69) is 34.6 Å². The summed E-state index contributed by atoms with van der Waals surface area (Å²) in [6.07, 6.45) is 60.9. The third kappa shape index (κ3) is 55.6. The molecule has 410 valence electrons. The van der Waals surface area contributed by atoms with Crippen LogP contribution in [0.15, 0.2) is 0 Å². The zero-order valence-corrected chi connectivity index (χ0v) is 47.5. The van der Waals surface area contributed by atoms with Gasteiger partial charge in [0.05, 0.1) is 0 Å². The van der Waals surface area contributed by atoms with Gasteiger partial charge in [0.15, 0.2) is 6.10 Å². The summed E-state index contributed by atoms with van der Waals surface area (Å²) in [6.45, 7) is 11.5. The Balaban J connectivity index is 4.28. The summed E-state index contributed by atoms with van der Waals surface area (Å²) in [4.78, 5) is 38.3. The predicted octanol–water partition coefficient (Wildman–Crippen LogP) is 20.8. The second-order valence-corrected chi connectivity index (χ2v) is 22.4. The maximum Gasteiger partial charge on any atom is 0.306 e. The van der Waals surface area contributed by atoms with Gasteiger partial charge in [-0.15, -0.1) is 0 Å². The third-order valence-corrected chi connectivity index (χ3v) is 14.8. The minimum atomic E-state index is -0.763. The predicted molar refractivity (Wildman–Crippen MR) is 298 cm³/mol. The molecule has 0 heterocycles. The normalized spacial score (nSPS) is 12.4. The lowest BCUT2D eigenvalue weighted by molar-refractivity contribution is -0.167. The molecule has 2 atom stereocenters. The smallest absolute Gasteiger partial charge is 0.306 e. The third-order valence-electron chi connectivity index (χ3n) is 14.8. The minimum absolute atomic E-state index is 0.0620. The molecule has 0 rings (SSSR count). The molecular weight excluding hydrogens is 853 g/mol. The summed E-state index contributed by atoms with van der Waals surface area (Å²) in [5.74, 6) is 0.915. The minimum Gasteiger partial charge on any atom is -0.462 e. The molecule has 0 saturated heterocycles. The number of carbonyl (C=O) groups excluding carboxylic acids is 3. The molecule has 1 unspecified atom stereocenters. The molecule has 0 aromatic heterocycles. The van der Waals surface area contributed by atoms with Gasteiger partial charge in [0, 0.05) is 19.3 Å². The van der Waals surface area contributed by atoms with E-state index in [4.69, 9.17) is 14.2 Å². The van der Waals surface area contributed by atoms with Gasteiger partial charge < -0.3 is 14.2 Å². The van der Waals surface area contributed by atoms with Crippen molar-refractivity contribution in [3.05, 3.63) is 0 Å². The van der Waals surface area contributed by atoms with Gasteiger partial charge in [0.1, 0.15) is 13.2 Å². The molecule has 0 N–H and O–H groups in total. The number of hydrogen-bond donors (Lipinski definition) is 0. The molecule has 0 bridgehead atoms. The van der Waals surface area contributed by atoms with Crippen molar-refractivity contribution in [3.8, 4) is 0 Å². The van der Waals surface area contributed by atoms with E-state index < -0.39 is 6.10 Å². The molecule has 6 nitrogen and oxygen atoms in total. The molecular formula is C63H122O6. The summed E-state index contributed by atoms with van der Waals surface area (Å²) >= 11 is 0. The van der Waals surface area contributed by atoms with Crippen molar-refractivity contribution in [1.29, 1.82) is 0 Å². The largest absolute Gasteiger partial charge is 0.462 e. The number of ether oxygens (including phenoxy) is 3. The number of unbranched alkanes of at least 4 members (excludes halogenated alkanes) is 41. The van der Waals surface area contributed by atoms with Gasteiger partial charge in [-0.3, -0.25) is 14.4 Å². The van der Waals surface area contributed by atoms with Crippen LogP contribution in [0, 0.1) is 11.8 Å². The maximum absolute atomic E-state index is 12.9. The number of hydrogen-bond acceptors (Lipinski definition) is 6. The lowest BCUT2D eigenvalue weighted by Gasteiger charge is -2.18. The first-order chi connectivity index (χ1) is 33.8. The van der Waals surface area contributed by atoms with Crippen LogP contribution in [-0.4, -0.2) is 37.2 Å². The van der Waals surface area contributed by atoms with Gasteiger partial charge >= 0.3 is 17.9 Å². The van der Waals surface area contributed by atoms with Crippen LogP contribution in [0.5, 0.6) is 0 Å². The van der Waals surface area contributed by atoms with E-state index in [1.165, 1.54) is 244 Å². The number of carbonyl (C=O) groups is 3. The number of esters is 3. The van der Waals surface area contributed by atoms with Crippen LogP contribution in [0.2, 0.25) is 0 Å². The van der Waals surface area contributed by atoms with Gasteiger partial charge in [-0.1, -0.05) is 317 Å². The molecule has 69 heavy (non-hydrogen) atoms. The highest BCUT2D eigenvalue weighted by Crippen LogP contribution is 2.19. The van der Waals surface area contributed by atoms with Crippen LogP contribution in [0.25, 0.3) is 0 Å². The summed E-state index contributed by atoms with van der Waals surface area (Å²) < 4.78 is 16.9. The van der Waals surface area contributed by atoms with Crippen molar-refractivity contribution in [2.45, 2.75) is 362 Å². The van der Waals surface area contributed by atoms with E-state index in [0.717, 1.165) is 69.6 Å². The van der Waals surface area contributed by atoms with E-state index in [0.29, 0.717) is 19.3 Å². The molecule has 0 spiro atoms. The molecule has 0 aromatic rings. The Hall–Kier alpha value is -1.59. The molecule has 0 amide bonds. The molecule has 0 aliphatic rings. The zero-order chi connectivity index (χ0) is 50.4. The van der Waals surface area contributed by atoms with Crippen LogP contribution in [0.3, 0.4) is 0 Å². The fraction of sp³-hybridized carbons (Fsp3) is 0.952. The summed E-state index contributed by atoms with van der Waals surface area (Å²) in [6, 6.07) is 0. The Morgan fingerprint density at radius 1 is 0.304 bits per heavy atom. The van der Waals surface area contributed by atoms with Crippen LogP contribution < -0.4 is 0 Å². The summed E-state index contributed by atoms with van der Waals surface area (Å²) in [7, 11) is 0. The van der Waals surface area contributed by atoms with Gasteiger partial charge in [-0.2, -0.15) is 0 Å². The molecule has 0 saturated carbocycles. The molecule has 6 heteroatoms. The maximum atomic E-state index is 12.9. The Morgan fingerprint density at radius 3 is 0.826 bits per heavy atom. The molecule has 0 aliphatic heterocycles. The van der Waals surface area contributed by atoms with E-state index >= 15 is 0 Å². The van der Waals surface area contributed by atoms with Crippen molar-refractivity contribution < 1.29 is 28.6 Å². The van der Waals surface area contributed by atoms with E-state index in [1.807, 2.05) is 0 Å². The van der Waals surface area contributed by atoms with Gasteiger partial charge in [0.25, 0.3) is 0 Å². The van der Waals surface area contributed by atoms with Crippen molar-refractivity contribution in [2.24, 2.45) is 11.8 Å². The second-order valence-electron chi connectivity index (χ2n) is 22.4. The van der Waals surface area contributed by atoms with Crippen molar-refractivity contribution in [3.63, 3.8) is 0 Å². The molecule has 0 aromatic carbocycles. The zero-order valence-electron chi connectivity index (χ0n) is 47.5. The second kappa shape index (κ2) is 55.7. The first-order valence-electron chi connectivity index (χ1n) is 31.3. The lowest BCUT2D eigenvalue weighted by atomic mass is 9.99. The Bertz CT molecular complexity index is 1060. The van der Waals surface area contributed by atoms with E-state index in [-0.39, 0.29) is 31.1 Å². The summed E-state index contributed by atoms with van der Waals surface area (Å²) in [5.41, 5.74) is 0. The van der Waals surface area contributed by atoms with Crippen molar-refractivity contribution >= 4 is 17.9 Å². The first kappa shape index (κ1) is 67.4. The fourth-order valence-corrected chi connectivity index (χ4v) is 9.73.